The molecule has 0 saturated carbocycles. The van der Waals surface area contributed by atoms with Crippen LogP contribution in [0.1, 0.15) is 53.8 Å². The van der Waals surface area contributed by atoms with E-state index in [1.54, 1.807) is 24.3 Å². The summed E-state index contributed by atoms with van der Waals surface area (Å²) >= 11 is 7.12. The lowest BCUT2D eigenvalue weighted by Gasteiger charge is -2.33. The van der Waals surface area contributed by atoms with E-state index in [9.17, 15) is 9.59 Å². The minimum absolute atomic E-state index is 0.00169. The zero-order valence-corrected chi connectivity index (χ0v) is 18.8. The molecule has 2 amide bonds. The number of nitrogens with one attached hydrogen (secondary N) is 2. The van der Waals surface area contributed by atoms with Crippen LogP contribution in [0.25, 0.3) is 0 Å². The third kappa shape index (κ3) is 7.04. The summed E-state index contributed by atoms with van der Waals surface area (Å²) in [5.74, 6) is -0.334. The Kier molecular flexibility index (Phi) is 8.60. The molecular formula is C21H28ClN5O2S. The summed E-state index contributed by atoms with van der Waals surface area (Å²) in [7, 11) is 0. The predicted molar refractivity (Wildman–Crippen MR) is 120 cm³/mol. The number of rotatable bonds is 9. The molecule has 2 heterocycles. The maximum absolute atomic E-state index is 12.3. The highest BCUT2D eigenvalue weighted by Gasteiger charge is 2.17. The van der Waals surface area contributed by atoms with Crippen molar-refractivity contribution < 1.29 is 9.59 Å². The van der Waals surface area contributed by atoms with Crippen LogP contribution in [0.4, 0.5) is 5.69 Å². The molecule has 7 nitrogen and oxygen atoms in total. The Labute approximate surface area is 186 Å². The summed E-state index contributed by atoms with van der Waals surface area (Å²) in [6.07, 6.45) is 5.64. The molecule has 1 unspecified atom stereocenters. The van der Waals surface area contributed by atoms with Crippen LogP contribution < -0.4 is 10.6 Å². The lowest BCUT2D eigenvalue weighted by molar-refractivity contribution is -0.121. The SMILES string of the molecule is CC1CCCCN1CCCNC(=O)CCc1nnc(C(=O)Nc2cccc(Cl)c2)s1. The standard InChI is InChI=1S/C21H28ClN5O2S/c1-15-6-2-3-12-27(15)13-5-11-23-18(28)9-10-19-25-26-21(30-19)20(29)24-17-8-4-7-16(22)14-17/h4,7-8,14-15H,2-3,5-6,9-13H2,1H3,(H,23,28)(H,24,29). The fraction of sp³-hybridized carbons (Fsp3) is 0.524. The largest absolute Gasteiger partial charge is 0.356 e. The third-order valence-electron chi connectivity index (χ3n) is 5.19. The van der Waals surface area contributed by atoms with Crippen LogP contribution in [0.15, 0.2) is 24.3 Å². The van der Waals surface area contributed by atoms with Crippen molar-refractivity contribution in [3.8, 4) is 0 Å². The van der Waals surface area contributed by atoms with Crippen LogP contribution in [0.5, 0.6) is 0 Å². The summed E-state index contributed by atoms with van der Waals surface area (Å²) in [4.78, 5) is 26.9. The van der Waals surface area contributed by atoms with E-state index in [0.29, 0.717) is 41.1 Å². The average Bonchev–Trinajstić information content (AvgIpc) is 3.20. The molecule has 1 aliphatic heterocycles. The molecule has 2 aromatic rings. The summed E-state index contributed by atoms with van der Waals surface area (Å²) in [5.41, 5.74) is 0.600. The molecule has 162 valence electrons. The Morgan fingerprint density at radius 3 is 2.97 bits per heavy atom. The maximum atomic E-state index is 12.3. The number of hydrogen-bond acceptors (Lipinski definition) is 6. The van der Waals surface area contributed by atoms with Crippen molar-refractivity contribution in [2.45, 2.75) is 51.5 Å². The zero-order chi connectivity index (χ0) is 21.3. The van der Waals surface area contributed by atoms with Crippen LogP contribution in [0.3, 0.4) is 0 Å². The lowest BCUT2D eigenvalue weighted by atomic mass is 10.0. The Balaban J connectivity index is 1.35. The molecule has 0 bridgehead atoms. The Bertz CT molecular complexity index is 859. The van der Waals surface area contributed by atoms with E-state index >= 15 is 0 Å². The minimum atomic E-state index is -0.336. The number of benzene rings is 1. The molecule has 1 atom stereocenters. The van der Waals surface area contributed by atoms with E-state index in [1.807, 2.05) is 0 Å². The number of carbonyl (C=O) groups is 2. The summed E-state index contributed by atoms with van der Waals surface area (Å²) < 4.78 is 0. The predicted octanol–water partition coefficient (Wildman–Crippen LogP) is 3.76. The smallest absolute Gasteiger partial charge is 0.286 e. The number of aromatic nitrogens is 2. The van der Waals surface area contributed by atoms with Gasteiger partial charge in [-0.2, -0.15) is 0 Å². The molecule has 1 saturated heterocycles. The topological polar surface area (TPSA) is 87.2 Å². The number of carbonyl (C=O) groups excluding carboxylic acids is 2. The van der Waals surface area contributed by atoms with Gasteiger partial charge >= 0.3 is 0 Å². The van der Waals surface area contributed by atoms with Gasteiger partial charge in [0, 0.05) is 42.7 Å². The Morgan fingerprint density at radius 1 is 1.30 bits per heavy atom. The average molecular weight is 450 g/mol. The van der Waals surface area contributed by atoms with Crippen molar-refractivity contribution in [1.29, 1.82) is 0 Å². The van der Waals surface area contributed by atoms with Gasteiger partial charge in [0.25, 0.3) is 5.91 Å². The van der Waals surface area contributed by atoms with Crippen LogP contribution in [-0.4, -0.2) is 52.6 Å². The van der Waals surface area contributed by atoms with Crippen LogP contribution >= 0.6 is 22.9 Å². The van der Waals surface area contributed by atoms with Gasteiger partial charge in [0.05, 0.1) is 0 Å². The fourth-order valence-electron chi connectivity index (χ4n) is 3.51. The Morgan fingerprint density at radius 2 is 2.17 bits per heavy atom. The number of piperidine rings is 1. The highest BCUT2D eigenvalue weighted by Crippen LogP contribution is 2.18. The molecule has 1 aromatic carbocycles. The molecule has 3 rings (SSSR count). The highest BCUT2D eigenvalue weighted by atomic mass is 35.5. The van der Waals surface area contributed by atoms with Gasteiger partial charge in [-0.05, 0) is 50.9 Å². The van der Waals surface area contributed by atoms with E-state index in [-0.39, 0.29) is 16.8 Å². The van der Waals surface area contributed by atoms with Gasteiger partial charge in [-0.1, -0.05) is 35.4 Å². The lowest BCUT2D eigenvalue weighted by Crippen LogP contribution is -2.39. The second kappa shape index (κ2) is 11.4. The number of nitrogens with zero attached hydrogens (tertiary/aromatic N) is 3. The van der Waals surface area contributed by atoms with Gasteiger partial charge in [-0.3, -0.25) is 9.59 Å². The number of amides is 2. The molecule has 1 fully saturated rings. The third-order valence-corrected chi connectivity index (χ3v) is 6.41. The molecule has 9 heteroatoms. The second-order valence-electron chi connectivity index (χ2n) is 7.55. The first-order valence-electron chi connectivity index (χ1n) is 10.4. The van der Waals surface area contributed by atoms with Crippen molar-refractivity contribution in [2.75, 3.05) is 25.0 Å². The van der Waals surface area contributed by atoms with E-state index in [1.165, 1.54) is 37.1 Å². The first-order chi connectivity index (χ1) is 14.5. The van der Waals surface area contributed by atoms with E-state index in [2.05, 4.69) is 32.7 Å². The molecule has 0 radical (unpaired) electrons. The molecule has 0 aliphatic carbocycles. The molecular weight excluding hydrogens is 422 g/mol. The van der Waals surface area contributed by atoms with Crippen LogP contribution in [-0.2, 0) is 11.2 Å². The van der Waals surface area contributed by atoms with Crippen molar-refractivity contribution in [3.05, 3.63) is 39.3 Å². The summed E-state index contributed by atoms with van der Waals surface area (Å²) in [6, 6.07) is 7.56. The van der Waals surface area contributed by atoms with Gasteiger partial charge in [0.2, 0.25) is 10.9 Å². The molecule has 30 heavy (non-hydrogen) atoms. The highest BCUT2D eigenvalue weighted by molar-refractivity contribution is 7.13. The number of anilines is 1. The monoisotopic (exact) mass is 449 g/mol. The molecule has 1 aliphatic rings. The number of halogens is 1. The van der Waals surface area contributed by atoms with Gasteiger partial charge < -0.3 is 15.5 Å². The summed E-state index contributed by atoms with van der Waals surface area (Å²) in [5, 5.41) is 15.2. The molecule has 2 N–H and O–H groups in total. The first-order valence-corrected chi connectivity index (χ1v) is 11.6. The van der Waals surface area contributed by atoms with Crippen molar-refractivity contribution >= 4 is 40.4 Å². The number of aryl methyl sites for hydroxylation is 1. The number of likely N-dealkylation sites (tertiary alicyclic amines) is 1. The van der Waals surface area contributed by atoms with Gasteiger partial charge in [0.1, 0.15) is 5.01 Å². The fourth-order valence-corrected chi connectivity index (χ4v) is 4.43. The van der Waals surface area contributed by atoms with Gasteiger partial charge in [-0.25, -0.2) is 0 Å². The quantitative estimate of drug-likeness (QED) is 0.569. The normalized spacial score (nSPS) is 16.9. The Hall–Kier alpha value is -2.03. The first kappa shape index (κ1) is 22.7. The minimum Gasteiger partial charge on any atom is -0.356 e. The van der Waals surface area contributed by atoms with E-state index in [4.69, 9.17) is 11.6 Å². The van der Waals surface area contributed by atoms with Crippen molar-refractivity contribution in [3.63, 3.8) is 0 Å². The molecule has 1 aromatic heterocycles. The molecule has 0 spiro atoms. The van der Waals surface area contributed by atoms with E-state index in [0.717, 1.165) is 13.0 Å². The maximum Gasteiger partial charge on any atom is 0.286 e. The van der Waals surface area contributed by atoms with Crippen LogP contribution in [0.2, 0.25) is 5.02 Å². The zero-order valence-electron chi connectivity index (χ0n) is 17.2. The summed E-state index contributed by atoms with van der Waals surface area (Å²) in [6.45, 7) is 5.16. The van der Waals surface area contributed by atoms with Crippen molar-refractivity contribution in [1.82, 2.24) is 20.4 Å². The number of hydrogen-bond donors (Lipinski definition) is 2. The van der Waals surface area contributed by atoms with E-state index < -0.39 is 0 Å². The second-order valence-corrected chi connectivity index (χ2v) is 9.05. The van der Waals surface area contributed by atoms with Crippen molar-refractivity contribution in [2.24, 2.45) is 0 Å². The van der Waals surface area contributed by atoms with Gasteiger partial charge in [-0.15, -0.1) is 10.2 Å². The van der Waals surface area contributed by atoms with Gasteiger partial charge in [0.15, 0.2) is 0 Å². The van der Waals surface area contributed by atoms with Crippen LogP contribution in [0, 0.1) is 0 Å².